The minimum atomic E-state index is -0.494. The highest BCUT2D eigenvalue weighted by molar-refractivity contribution is 5.81. The lowest BCUT2D eigenvalue weighted by Crippen LogP contribution is -2.49. The molecular formula is C14H20N2O2. The van der Waals surface area contributed by atoms with Crippen LogP contribution < -0.4 is 15.8 Å². The fraction of sp³-hybridized carbons (Fsp3) is 0.500. The van der Waals surface area contributed by atoms with E-state index in [0.29, 0.717) is 0 Å². The molecule has 4 heteroatoms. The van der Waals surface area contributed by atoms with Crippen LogP contribution in [0.25, 0.3) is 0 Å². The molecule has 0 radical (unpaired) electrons. The number of hydrogen-bond acceptors (Lipinski definition) is 3. The van der Waals surface area contributed by atoms with Gasteiger partial charge in [0.05, 0.1) is 12.1 Å². The van der Waals surface area contributed by atoms with Crippen LogP contribution in [-0.2, 0) is 4.79 Å². The smallest absolute Gasteiger partial charge is 0.236 e. The molecule has 1 aromatic carbocycles. The molecule has 4 nitrogen and oxygen atoms in total. The van der Waals surface area contributed by atoms with Gasteiger partial charge in [0, 0.05) is 11.5 Å². The maximum absolute atomic E-state index is 11.6. The number of benzene rings is 1. The standard InChI is InChI=1S/C14H20N2O2/c1-8-11-6-4-5-7-12(11)18-13(8)10(3)16-14(17)9(2)15/h4-10,13H,15H2,1-3H3,(H,16,17)/t8?,9-,10?,13?/m1/s1. The quantitative estimate of drug-likeness (QED) is 0.850. The minimum absolute atomic E-state index is 0.0369. The third-order valence-corrected chi connectivity index (χ3v) is 3.44. The number of ether oxygens (including phenoxy) is 1. The molecule has 1 heterocycles. The van der Waals surface area contributed by atoms with Crippen molar-refractivity contribution in [3.05, 3.63) is 29.8 Å². The van der Waals surface area contributed by atoms with E-state index in [0.717, 1.165) is 5.75 Å². The number of amides is 1. The second-order valence-corrected chi connectivity index (χ2v) is 4.99. The van der Waals surface area contributed by atoms with Crippen LogP contribution in [0, 0.1) is 0 Å². The van der Waals surface area contributed by atoms with Crippen LogP contribution in [0.1, 0.15) is 32.3 Å². The van der Waals surface area contributed by atoms with Crippen molar-refractivity contribution >= 4 is 5.91 Å². The maximum atomic E-state index is 11.6. The molecule has 1 aliphatic heterocycles. The SMILES string of the molecule is CC(NC(=O)[C@@H](C)N)C1Oc2ccccc2C1C. The molecule has 3 N–H and O–H groups in total. The van der Waals surface area contributed by atoms with Crippen LogP contribution in [0.15, 0.2) is 24.3 Å². The van der Waals surface area contributed by atoms with Gasteiger partial charge in [0.1, 0.15) is 11.9 Å². The summed E-state index contributed by atoms with van der Waals surface area (Å²) in [5.41, 5.74) is 6.75. The monoisotopic (exact) mass is 248 g/mol. The van der Waals surface area contributed by atoms with Gasteiger partial charge in [-0.05, 0) is 19.9 Å². The summed E-state index contributed by atoms with van der Waals surface area (Å²) in [6.45, 7) is 5.74. The van der Waals surface area contributed by atoms with E-state index in [1.807, 2.05) is 25.1 Å². The van der Waals surface area contributed by atoms with E-state index in [9.17, 15) is 4.79 Å². The third kappa shape index (κ3) is 2.34. The van der Waals surface area contributed by atoms with Gasteiger partial charge in [-0.1, -0.05) is 25.1 Å². The topological polar surface area (TPSA) is 64.4 Å². The van der Waals surface area contributed by atoms with Crippen molar-refractivity contribution in [2.24, 2.45) is 5.73 Å². The summed E-state index contributed by atoms with van der Waals surface area (Å²) in [4.78, 5) is 11.6. The highest BCUT2D eigenvalue weighted by Crippen LogP contribution is 2.38. The van der Waals surface area contributed by atoms with Crippen molar-refractivity contribution in [1.82, 2.24) is 5.32 Å². The van der Waals surface area contributed by atoms with Crippen LogP contribution in [-0.4, -0.2) is 24.1 Å². The predicted octanol–water partition coefficient (Wildman–Crippen LogP) is 1.40. The van der Waals surface area contributed by atoms with Gasteiger partial charge in [-0.3, -0.25) is 4.79 Å². The summed E-state index contributed by atoms with van der Waals surface area (Å²) in [7, 11) is 0. The molecule has 2 rings (SSSR count). The molecule has 0 saturated carbocycles. The average molecular weight is 248 g/mol. The molecule has 98 valence electrons. The predicted molar refractivity (Wildman–Crippen MR) is 70.5 cm³/mol. The van der Waals surface area contributed by atoms with E-state index in [-0.39, 0.29) is 24.0 Å². The first-order chi connectivity index (χ1) is 8.50. The van der Waals surface area contributed by atoms with E-state index in [1.165, 1.54) is 5.56 Å². The number of hydrogen-bond donors (Lipinski definition) is 2. The zero-order valence-electron chi connectivity index (χ0n) is 11.0. The summed E-state index contributed by atoms with van der Waals surface area (Å²) in [5.74, 6) is 1.04. The number of carbonyl (C=O) groups excluding carboxylic acids is 1. The second-order valence-electron chi connectivity index (χ2n) is 4.99. The first-order valence-corrected chi connectivity index (χ1v) is 6.32. The molecular weight excluding hydrogens is 228 g/mol. The van der Waals surface area contributed by atoms with Gasteiger partial charge in [-0.15, -0.1) is 0 Å². The van der Waals surface area contributed by atoms with E-state index in [4.69, 9.17) is 10.5 Å². The zero-order valence-corrected chi connectivity index (χ0v) is 11.0. The summed E-state index contributed by atoms with van der Waals surface area (Å²) in [6, 6.07) is 7.44. The van der Waals surface area contributed by atoms with Crippen molar-refractivity contribution < 1.29 is 9.53 Å². The molecule has 0 aliphatic carbocycles. The number of nitrogens with two attached hydrogens (primary N) is 1. The highest BCUT2D eigenvalue weighted by Gasteiger charge is 2.35. The van der Waals surface area contributed by atoms with Crippen molar-refractivity contribution in [2.45, 2.75) is 44.9 Å². The van der Waals surface area contributed by atoms with Gasteiger partial charge in [0.15, 0.2) is 0 Å². The van der Waals surface area contributed by atoms with Crippen LogP contribution in [0.4, 0.5) is 0 Å². The average Bonchev–Trinajstić information content (AvgIpc) is 2.67. The summed E-state index contributed by atoms with van der Waals surface area (Å²) in [5, 5.41) is 2.90. The molecule has 4 atom stereocenters. The fourth-order valence-electron chi connectivity index (χ4n) is 2.36. The van der Waals surface area contributed by atoms with Crippen LogP contribution in [0.5, 0.6) is 5.75 Å². The molecule has 1 amide bonds. The number of fused-ring (bicyclic) bond motifs is 1. The van der Waals surface area contributed by atoms with E-state index in [2.05, 4.69) is 18.3 Å². The molecule has 0 spiro atoms. The molecule has 18 heavy (non-hydrogen) atoms. The van der Waals surface area contributed by atoms with E-state index < -0.39 is 6.04 Å². The molecule has 1 aliphatic rings. The van der Waals surface area contributed by atoms with Crippen LogP contribution in [0.3, 0.4) is 0 Å². The van der Waals surface area contributed by atoms with Gasteiger partial charge in [0.25, 0.3) is 0 Å². The summed E-state index contributed by atoms with van der Waals surface area (Å²) < 4.78 is 5.91. The van der Waals surface area contributed by atoms with E-state index >= 15 is 0 Å². The Balaban J connectivity index is 2.07. The van der Waals surface area contributed by atoms with Gasteiger partial charge < -0.3 is 15.8 Å². The Labute approximate surface area is 108 Å². The number of rotatable bonds is 3. The van der Waals surface area contributed by atoms with Gasteiger partial charge in [-0.2, -0.15) is 0 Å². The fourth-order valence-corrected chi connectivity index (χ4v) is 2.36. The molecule has 0 bridgehead atoms. The first-order valence-electron chi connectivity index (χ1n) is 6.32. The van der Waals surface area contributed by atoms with Gasteiger partial charge in [0.2, 0.25) is 5.91 Å². The zero-order chi connectivity index (χ0) is 13.3. The van der Waals surface area contributed by atoms with E-state index in [1.54, 1.807) is 6.92 Å². The molecule has 0 fully saturated rings. The number of para-hydroxylation sites is 1. The van der Waals surface area contributed by atoms with Gasteiger partial charge >= 0.3 is 0 Å². The Morgan fingerprint density at radius 2 is 2.06 bits per heavy atom. The lowest BCUT2D eigenvalue weighted by molar-refractivity contribution is -0.123. The number of nitrogens with one attached hydrogen (secondary N) is 1. The Morgan fingerprint density at radius 3 is 2.67 bits per heavy atom. The molecule has 3 unspecified atom stereocenters. The third-order valence-electron chi connectivity index (χ3n) is 3.44. The maximum Gasteiger partial charge on any atom is 0.236 e. The van der Waals surface area contributed by atoms with Crippen molar-refractivity contribution in [3.63, 3.8) is 0 Å². The first kappa shape index (κ1) is 12.9. The van der Waals surface area contributed by atoms with Crippen molar-refractivity contribution in [2.75, 3.05) is 0 Å². The molecule has 0 saturated heterocycles. The Kier molecular flexibility index (Phi) is 3.57. The van der Waals surface area contributed by atoms with Crippen molar-refractivity contribution in [1.29, 1.82) is 0 Å². The normalized spacial score (nSPS) is 24.9. The van der Waals surface area contributed by atoms with Crippen molar-refractivity contribution in [3.8, 4) is 5.75 Å². The summed E-state index contributed by atoms with van der Waals surface area (Å²) >= 11 is 0. The minimum Gasteiger partial charge on any atom is -0.487 e. The highest BCUT2D eigenvalue weighted by atomic mass is 16.5. The number of carbonyl (C=O) groups is 1. The van der Waals surface area contributed by atoms with Crippen LogP contribution >= 0.6 is 0 Å². The Morgan fingerprint density at radius 1 is 1.39 bits per heavy atom. The van der Waals surface area contributed by atoms with Crippen LogP contribution in [0.2, 0.25) is 0 Å². The largest absolute Gasteiger partial charge is 0.487 e. The lowest BCUT2D eigenvalue weighted by atomic mass is 9.93. The Hall–Kier alpha value is -1.55. The molecule has 0 aromatic heterocycles. The van der Waals surface area contributed by atoms with Gasteiger partial charge in [-0.25, -0.2) is 0 Å². The molecule has 1 aromatic rings. The lowest BCUT2D eigenvalue weighted by Gasteiger charge is -2.24. The summed E-state index contributed by atoms with van der Waals surface area (Å²) in [6.07, 6.45) is -0.0369. The Bertz CT molecular complexity index is 445. The second kappa shape index (κ2) is 4.98.